The first-order valence-electron chi connectivity index (χ1n) is 13.5. The van der Waals surface area contributed by atoms with Crippen molar-refractivity contribution >= 4 is 33.0 Å². The Morgan fingerprint density at radius 3 is 2.51 bits per heavy atom. The summed E-state index contributed by atoms with van der Waals surface area (Å²) in [5.41, 5.74) is -0.598. The first kappa shape index (κ1) is 29.4. The lowest BCUT2D eigenvalue weighted by atomic mass is 9.71. The number of pyridine rings is 1. The van der Waals surface area contributed by atoms with Gasteiger partial charge in [0, 0.05) is 35.3 Å². The Bertz CT molecular complexity index is 1790. The van der Waals surface area contributed by atoms with Gasteiger partial charge >= 0.3 is 0 Å². The number of sulfone groups is 1. The molecule has 2 aromatic carbocycles. The van der Waals surface area contributed by atoms with Crippen molar-refractivity contribution in [1.29, 1.82) is 0 Å². The molecule has 0 aliphatic heterocycles. The van der Waals surface area contributed by atoms with E-state index in [9.17, 15) is 32.2 Å². The zero-order valence-corrected chi connectivity index (χ0v) is 24.0. The Morgan fingerprint density at radius 1 is 1.09 bits per heavy atom. The molecule has 2 aliphatic rings. The number of anilines is 1. The van der Waals surface area contributed by atoms with Crippen LogP contribution in [0.15, 0.2) is 76.5 Å². The van der Waals surface area contributed by atoms with Gasteiger partial charge < -0.3 is 19.9 Å². The molecule has 13 heteroatoms. The summed E-state index contributed by atoms with van der Waals surface area (Å²) in [4.78, 5) is 21.0. The molecule has 0 spiro atoms. The zero-order chi connectivity index (χ0) is 30.5. The topological polar surface area (TPSA) is 143 Å². The van der Waals surface area contributed by atoms with Crippen LogP contribution in [0.1, 0.15) is 48.0 Å². The van der Waals surface area contributed by atoms with Crippen LogP contribution < -0.4 is 5.32 Å². The van der Waals surface area contributed by atoms with Crippen molar-refractivity contribution in [2.45, 2.75) is 47.5 Å². The fourth-order valence-corrected chi connectivity index (χ4v) is 8.72. The maximum Gasteiger partial charge on any atom is 0.255 e. The van der Waals surface area contributed by atoms with E-state index in [1.807, 2.05) is 0 Å². The van der Waals surface area contributed by atoms with Crippen LogP contribution in [0, 0.1) is 23.5 Å². The van der Waals surface area contributed by atoms with Crippen molar-refractivity contribution in [3.63, 3.8) is 0 Å². The number of carbonyl (C=O) groups excluding carboxylic acids is 1. The van der Waals surface area contributed by atoms with E-state index in [1.165, 1.54) is 24.5 Å². The molecule has 2 fully saturated rings. The largest absolute Gasteiger partial charge is 0.445 e. The van der Waals surface area contributed by atoms with Crippen LogP contribution in [0.3, 0.4) is 0 Å². The minimum atomic E-state index is -4.09. The molecular weight excluding hydrogens is 604 g/mol. The van der Waals surface area contributed by atoms with Gasteiger partial charge in [-0.25, -0.2) is 22.2 Å². The summed E-state index contributed by atoms with van der Waals surface area (Å²) in [6.45, 7) is 0. The van der Waals surface area contributed by atoms with E-state index in [1.54, 1.807) is 24.5 Å². The van der Waals surface area contributed by atoms with Crippen LogP contribution in [-0.4, -0.2) is 45.4 Å². The molecule has 4 aromatic rings. The number of hydrogen-bond donors (Lipinski definition) is 3. The number of nitrogens with zero attached hydrogens (tertiary/aromatic N) is 2. The van der Waals surface area contributed by atoms with E-state index in [4.69, 9.17) is 16.0 Å². The molecule has 224 valence electrons. The third kappa shape index (κ3) is 5.22. The van der Waals surface area contributed by atoms with Crippen LogP contribution in [0.5, 0.6) is 0 Å². The Hall–Kier alpha value is -3.71. The van der Waals surface area contributed by atoms with Crippen molar-refractivity contribution in [2.24, 2.45) is 11.8 Å². The van der Waals surface area contributed by atoms with Gasteiger partial charge in [0.05, 0.1) is 15.2 Å². The first-order chi connectivity index (χ1) is 20.5. The van der Waals surface area contributed by atoms with E-state index >= 15 is 0 Å². The fraction of sp³-hybridized carbons (Fsp3) is 0.300. The molecule has 43 heavy (non-hydrogen) atoms. The second-order valence-electron chi connectivity index (χ2n) is 10.9. The van der Waals surface area contributed by atoms with Gasteiger partial charge in [0.25, 0.3) is 5.91 Å². The minimum Gasteiger partial charge on any atom is -0.445 e. The standard InChI is InChI=1S/C30H26ClF2N3O6S/c31-22-7-3-16(28(38)35-20-6-8-23(32)24(33)13-20)10-26(22)43(40,41)21-11-18-4-5-19(12-21)30(18,39)27(37)29-36-25(15-42-29)17-2-1-9-34-14-17/h1-3,6-10,13-15,18-19,21,27,37,39H,4-5,11-12H2,(H,35,38)/t18?,19?,21-,27?,30-. The lowest BCUT2D eigenvalue weighted by Crippen LogP contribution is -2.52. The second-order valence-corrected chi connectivity index (χ2v) is 13.5. The van der Waals surface area contributed by atoms with Gasteiger partial charge in [-0.2, -0.15) is 0 Å². The fourth-order valence-electron chi connectivity index (χ4n) is 6.32. The molecule has 2 aliphatic carbocycles. The average Bonchev–Trinajstić information content (AvgIpc) is 3.52. The summed E-state index contributed by atoms with van der Waals surface area (Å²) in [5, 5.41) is 24.5. The van der Waals surface area contributed by atoms with Crippen LogP contribution >= 0.6 is 11.6 Å². The molecule has 9 nitrogen and oxygen atoms in total. The van der Waals surface area contributed by atoms with E-state index in [0.717, 1.165) is 18.2 Å². The van der Waals surface area contributed by atoms with Gasteiger partial charge in [-0.3, -0.25) is 9.78 Å². The predicted octanol–water partition coefficient (Wildman–Crippen LogP) is 5.35. The molecule has 2 saturated carbocycles. The molecule has 2 bridgehead atoms. The highest BCUT2D eigenvalue weighted by atomic mass is 35.5. The number of aliphatic hydroxyl groups is 2. The molecule has 2 heterocycles. The SMILES string of the molecule is O=C(Nc1ccc(F)c(F)c1)c1ccc(Cl)c(S(=O)(=O)[C@H]2CC3CCC(C2)[C@]3(O)C(O)c2nc(-c3cccnc3)co2)c1. The second kappa shape index (κ2) is 11.1. The highest BCUT2D eigenvalue weighted by Crippen LogP contribution is 2.56. The molecule has 0 saturated heterocycles. The maximum atomic E-state index is 13.9. The number of fused-ring (bicyclic) bond motifs is 2. The van der Waals surface area contributed by atoms with Crippen LogP contribution in [0.2, 0.25) is 5.02 Å². The van der Waals surface area contributed by atoms with Crippen LogP contribution in [0.4, 0.5) is 14.5 Å². The van der Waals surface area contributed by atoms with Crippen molar-refractivity contribution in [1.82, 2.24) is 9.97 Å². The molecule has 2 aromatic heterocycles. The van der Waals surface area contributed by atoms with E-state index in [0.29, 0.717) is 24.1 Å². The number of amides is 1. The van der Waals surface area contributed by atoms with Crippen LogP contribution in [-0.2, 0) is 9.84 Å². The summed E-state index contributed by atoms with van der Waals surface area (Å²) in [5.74, 6) is -4.18. The van der Waals surface area contributed by atoms with Gasteiger partial charge in [0.15, 0.2) is 27.6 Å². The number of hydrogen-bond acceptors (Lipinski definition) is 8. The van der Waals surface area contributed by atoms with Gasteiger partial charge in [-0.15, -0.1) is 0 Å². The van der Waals surface area contributed by atoms with Gasteiger partial charge in [-0.05, 0) is 80.0 Å². The van der Waals surface area contributed by atoms with E-state index in [2.05, 4.69) is 15.3 Å². The van der Waals surface area contributed by atoms with Crippen molar-refractivity contribution in [2.75, 3.05) is 5.32 Å². The quantitative estimate of drug-likeness (QED) is 0.248. The Balaban J connectivity index is 1.22. The number of rotatable bonds is 7. The van der Waals surface area contributed by atoms with E-state index < -0.39 is 56.2 Å². The zero-order valence-electron chi connectivity index (χ0n) is 22.5. The van der Waals surface area contributed by atoms with Crippen molar-refractivity contribution in [3.8, 4) is 11.3 Å². The molecule has 6 rings (SSSR count). The van der Waals surface area contributed by atoms with Crippen molar-refractivity contribution < 1.29 is 36.6 Å². The predicted molar refractivity (Wildman–Crippen MR) is 152 cm³/mol. The molecule has 3 unspecified atom stereocenters. The Labute approximate surface area is 250 Å². The molecule has 0 radical (unpaired) electrons. The number of aliphatic hydroxyl groups excluding tert-OH is 1. The van der Waals surface area contributed by atoms with Crippen LogP contribution in [0.25, 0.3) is 11.3 Å². The summed E-state index contributed by atoms with van der Waals surface area (Å²) < 4.78 is 60.1. The number of oxazole rings is 1. The Morgan fingerprint density at radius 2 is 1.84 bits per heavy atom. The minimum absolute atomic E-state index is 0.0106. The smallest absolute Gasteiger partial charge is 0.255 e. The highest BCUT2D eigenvalue weighted by molar-refractivity contribution is 7.92. The summed E-state index contributed by atoms with van der Waals surface area (Å²) >= 11 is 6.31. The third-order valence-corrected chi connectivity index (χ3v) is 11.2. The molecular formula is C30H26ClF2N3O6S. The average molecular weight is 630 g/mol. The van der Waals surface area contributed by atoms with E-state index in [-0.39, 0.29) is 39.9 Å². The Kier molecular flexibility index (Phi) is 7.57. The maximum absolute atomic E-state index is 13.9. The number of nitrogens with one attached hydrogen (secondary N) is 1. The number of halogens is 3. The lowest BCUT2D eigenvalue weighted by molar-refractivity contribution is -0.152. The third-order valence-electron chi connectivity index (χ3n) is 8.53. The normalized spacial score (nSPS) is 24.1. The van der Waals surface area contributed by atoms with Gasteiger partial charge in [0.1, 0.15) is 17.6 Å². The number of aromatic nitrogens is 2. The lowest BCUT2D eigenvalue weighted by Gasteiger charge is -2.44. The summed E-state index contributed by atoms with van der Waals surface area (Å²) in [7, 11) is -4.09. The summed E-state index contributed by atoms with van der Waals surface area (Å²) in [6.07, 6.45) is 4.17. The van der Waals surface area contributed by atoms with Crippen molar-refractivity contribution in [3.05, 3.63) is 95.3 Å². The van der Waals surface area contributed by atoms with Gasteiger partial charge in [-0.1, -0.05) is 11.6 Å². The number of carbonyl (C=O) groups is 1. The monoisotopic (exact) mass is 629 g/mol. The molecule has 3 N–H and O–H groups in total. The molecule has 3 atom stereocenters. The first-order valence-corrected chi connectivity index (χ1v) is 15.5. The number of benzene rings is 2. The van der Waals surface area contributed by atoms with Gasteiger partial charge in [0.2, 0.25) is 5.89 Å². The molecule has 1 amide bonds. The summed E-state index contributed by atoms with van der Waals surface area (Å²) in [6, 6.07) is 10.1. The highest BCUT2D eigenvalue weighted by Gasteiger charge is 2.60.